The maximum Gasteiger partial charge on any atom is 0.303 e. The van der Waals surface area contributed by atoms with Gasteiger partial charge in [0.15, 0.2) is 0 Å². The van der Waals surface area contributed by atoms with Crippen molar-refractivity contribution in [2.45, 2.75) is 100 Å². The highest BCUT2D eigenvalue weighted by molar-refractivity contribution is 7.99. The number of thioether (sulfide) groups is 1. The second kappa shape index (κ2) is 16.4. The van der Waals surface area contributed by atoms with Gasteiger partial charge >= 0.3 is 5.97 Å². The molecule has 2 bridgehead atoms. The van der Waals surface area contributed by atoms with Crippen LogP contribution >= 0.6 is 11.8 Å². The summed E-state index contributed by atoms with van der Waals surface area (Å²) in [7, 11) is 0. The Hall–Kier alpha value is -1.34. The molecular weight excluding hydrogens is 458 g/mol. The number of allylic oxidation sites excluding steroid dienone is 2. The maximum atomic E-state index is 10.6. The van der Waals surface area contributed by atoms with Crippen molar-refractivity contribution < 1.29 is 19.7 Å². The van der Waals surface area contributed by atoms with Gasteiger partial charge in [-0.3, -0.25) is 4.79 Å². The van der Waals surface area contributed by atoms with E-state index < -0.39 is 5.97 Å². The molecule has 3 rings (SSSR count). The number of carboxylic acids is 1. The molecule has 0 radical (unpaired) electrons. The lowest BCUT2D eigenvalue weighted by molar-refractivity contribution is -0.137. The topological polar surface area (TPSA) is 78.8 Å². The van der Waals surface area contributed by atoms with E-state index in [4.69, 9.17) is 9.84 Å². The minimum Gasteiger partial charge on any atom is -0.481 e. The number of aliphatic hydroxyl groups is 1. The summed E-state index contributed by atoms with van der Waals surface area (Å²) >= 11 is 1.93. The van der Waals surface area contributed by atoms with Gasteiger partial charge in [0.2, 0.25) is 0 Å². The molecule has 2 aliphatic heterocycles. The fourth-order valence-corrected chi connectivity index (χ4v) is 6.45. The van der Waals surface area contributed by atoms with E-state index in [1.807, 2.05) is 11.8 Å². The number of hydrogen-bond acceptors (Lipinski definition) is 5. The van der Waals surface area contributed by atoms with Gasteiger partial charge in [-0.2, -0.15) is 0 Å². The van der Waals surface area contributed by atoms with Crippen LogP contribution in [0.2, 0.25) is 0 Å². The van der Waals surface area contributed by atoms with Crippen LogP contribution in [0.15, 0.2) is 47.4 Å². The summed E-state index contributed by atoms with van der Waals surface area (Å²) in [4.78, 5) is 12.0. The standard InChI is InChI=1S/C29H45NO4S/c31-23(12-6-3-4-11-21-35-24-13-7-5-8-14-24)22-30-20-19-26-25(27-17-18-28(26)34-27)15-9-1-2-10-16-29(32)33/h1,5,7-9,13-14,23,25-28,30-31H,2-4,6,10-12,15-22H2,(H,32,33)/b9-1-/t23?,25-,26-,27-,28+/m1/s1. The second-order valence-corrected chi connectivity index (χ2v) is 11.3. The van der Waals surface area contributed by atoms with E-state index in [2.05, 4.69) is 47.8 Å². The number of rotatable bonds is 19. The molecule has 196 valence electrons. The molecule has 5 atom stereocenters. The third-order valence-corrected chi connectivity index (χ3v) is 8.50. The molecule has 2 saturated heterocycles. The smallest absolute Gasteiger partial charge is 0.303 e. The normalized spacial score (nSPS) is 24.4. The molecule has 0 aromatic heterocycles. The number of carbonyl (C=O) groups is 1. The highest BCUT2D eigenvalue weighted by atomic mass is 32.2. The number of benzene rings is 1. The Morgan fingerprint density at radius 1 is 1.06 bits per heavy atom. The first-order chi connectivity index (χ1) is 17.1. The zero-order valence-corrected chi connectivity index (χ0v) is 22.0. The van der Waals surface area contributed by atoms with Crippen LogP contribution < -0.4 is 5.32 Å². The summed E-state index contributed by atoms with van der Waals surface area (Å²) in [6.45, 7) is 1.61. The zero-order chi connectivity index (χ0) is 24.7. The van der Waals surface area contributed by atoms with E-state index in [0.29, 0.717) is 37.0 Å². The SMILES string of the molecule is O=C(O)CCC/C=C\C[C@@H]1[C@@H](CCNCC(O)CCCCCCSc2ccccc2)[C@@H]2CC[C@H]1O2. The molecule has 1 aromatic carbocycles. The van der Waals surface area contributed by atoms with Crippen molar-refractivity contribution in [2.75, 3.05) is 18.8 Å². The molecule has 3 N–H and O–H groups in total. The van der Waals surface area contributed by atoms with Crippen molar-refractivity contribution in [1.29, 1.82) is 0 Å². The van der Waals surface area contributed by atoms with Crippen LogP contribution in [0.25, 0.3) is 0 Å². The highest BCUT2D eigenvalue weighted by Gasteiger charge is 2.47. The van der Waals surface area contributed by atoms with Crippen LogP contribution in [0.5, 0.6) is 0 Å². The molecule has 2 heterocycles. The quantitative estimate of drug-likeness (QED) is 0.121. The third kappa shape index (κ3) is 10.7. The van der Waals surface area contributed by atoms with Crippen LogP contribution in [-0.4, -0.2) is 53.3 Å². The Balaban J connectivity index is 1.19. The molecule has 0 aliphatic carbocycles. The van der Waals surface area contributed by atoms with Gasteiger partial charge < -0.3 is 20.3 Å². The van der Waals surface area contributed by atoms with Gasteiger partial charge in [0.1, 0.15) is 0 Å². The van der Waals surface area contributed by atoms with Crippen molar-refractivity contribution in [3.05, 3.63) is 42.5 Å². The first kappa shape index (κ1) is 28.2. The Morgan fingerprint density at radius 3 is 2.63 bits per heavy atom. The van der Waals surface area contributed by atoms with Gasteiger partial charge in [0, 0.05) is 17.9 Å². The number of unbranched alkanes of at least 4 members (excludes halogenated alkanes) is 4. The van der Waals surface area contributed by atoms with Crippen molar-refractivity contribution in [2.24, 2.45) is 11.8 Å². The molecule has 0 spiro atoms. The van der Waals surface area contributed by atoms with E-state index in [-0.39, 0.29) is 12.5 Å². The van der Waals surface area contributed by atoms with Gasteiger partial charge in [0.25, 0.3) is 0 Å². The lowest BCUT2D eigenvalue weighted by Crippen LogP contribution is -2.33. The second-order valence-electron chi connectivity index (χ2n) is 10.1. The number of hydrogen-bond donors (Lipinski definition) is 3. The summed E-state index contributed by atoms with van der Waals surface area (Å²) in [5, 5.41) is 22.6. The minimum absolute atomic E-state index is 0.246. The Labute approximate surface area is 216 Å². The molecule has 1 aromatic rings. The summed E-state index contributed by atoms with van der Waals surface area (Å²) in [5.41, 5.74) is 0. The molecule has 2 aliphatic rings. The van der Waals surface area contributed by atoms with Crippen molar-refractivity contribution >= 4 is 17.7 Å². The van der Waals surface area contributed by atoms with Crippen LogP contribution in [0.1, 0.15) is 77.0 Å². The van der Waals surface area contributed by atoms with Gasteiger partial charge in [-0.25, -0.2) is 0 Å². The molecular formula is C29H45NO4S. The van der Waals surface area contributed by atoms with Gasteiger partial charge in [-0.05, 0) is 87.6 Å². The zero-order valence-electron chi connectivity index (χ0n) is 21.2. The summed E-state index contributed by atoms with van der Waals surface area (Å²) in [5.74, 6) is 1.63. The van der Waals surface area contributed by atoms with Crippen LogP contribution in [0.3, 0.4) is 0 Å². The third-order valence-electron chi connectivity index (χ3n) is 7.40. The van der Waals surface area contributed by atoms with E-state index in [9.17, 15) is 9.90 Å². The molecule has 2 fully saturated rings. The lowest BCUT2D eigenvalue weighted by Gasteiger charge is -2.27. The first-order valence-corrected chi connectivity index (χ1v) is 14.7. The molecule has 0 amide bonds. The molecule has 1 unspecified atom stereocenters. The molecule has 0 saturated carbocycles. The number of aliphatic hydroxyl groups excluding tert-OH is 1. The lowest BCUT2D eigenvalue weighted by atomic mass is 9.76. The van der Waals surface area contributed by atoms with Crippen molar-refractivity contribution in [3.8, 4) is 0 Å². The summed E-state index contributed by atoms with van der Waals surface area (Å²) in [6, 6.07) is 10.6. The number of ether oxygens (including phenoxy) is 1. The van der Waals surface area contributed by atoms with Crippen LogP contribution in [-0.2, 0) is 9.53 Å². The van der Waals surface area contributed by atoms with E-state index in [1.165, 1.54) is 42.8 Å². The number of nitrogens with one attached hydrogen (secondary N) is 1. The predicted octanol–water partition coefficient (Wildman–Crippen LogP) is 6.06. The number of fused-ring (bicyclic) bond motifs is 2. The number of aliphatic carboxylic acids is 1. The van der Waals surface area contributed by atoms with Crippen molar-refractivity contribution in [1.82, 2.24) is 5.32 Å². The van der Waals surface area contributed by atoms with Crippen LogP contribution in [0, 0.1) is 11.8 Å². The Kier molecular flexibility index (Phi) is 13.2. The Bertz CT molecular complexity index is 743. The largest absolute Gasteiger partial charge is 0.481 e. The summed E-state index contributed by atoms with van der Waals surface area (Å²) < 4.78 is 6.21. The predicted molar refractivity (Wildman–Crippen MR) is 144 cm³/mol. The average Bonchev–Trinajstić information content (AvgIpc) is 3.46. The van der Waals surface area contributed by atoms with Gasteiger partial charge in [-0.15, -0.1) is 11.8 Å². The number of carboxylic acid groups (broad SMARTS) is 1. The summed E-state index contributed by atoms with van der Waals surface area (Å²) in [6.07, 6.45) is 16.8. The van der Waals surface area contributed by atoms with E-state index >= 15 is 0 Å². The van der Waals surface area contributed by atoms with Crippen molar-refractivity contribution in [3.63, 3.8) is 0 Å². The van der Waals surface area contributed by atoms with Crippen LogP contribution in [0.4, 0.5) is 0 Å². The monoisotopic (exact) mass is 503 g/mol. The first-order valence-electron chi connectivity index (χ1n) is 13.7. The fraction of sp³-hybridized carbons (Fsp3) is 0.690. The average molecular weight is 504 g/mol. The maximum absolute atomic E-state index is 10.6. The Morgan fingerprint density at radius 2 is 1.83 bits per heavy atom. The molecule has 35 heavy (non-hydrogen) atoms. The highest BCUT2D eigenvalue weighted by Crippen LogP contribution is 2.46. The molecule has 5 nitrogen and oxygen atoms in total. The fourth-order valence-electron chi connectivity index (χ4n) is 5.52. The van der Waals surface area contributed by atoms with E-state index in [1.54, 1.807) is 0 Å². The van der Waals surface area contributed by atoms with E-state index in [0.717, 1.165) is 38.6 Å². The molecule has 6 heteroatoms. The van der Waals surface area contributed by atoms with Gasteiger partial charge in [-0.1, -0.05) is 49.6 Å². The van der Waals surface area contributed by atoms with Gasteiger partial charge in [0.05, 0.1) is 18.3 Å². The minimum atomic E-state index is -0.716.